The van der Waals surface area contributed by atoms with Crippen molar-refractivity contribution in [2.45, 2.75) is 23.3 Å². The molecule has 0 spiro atoms. The highest BCUT2D eigenvalue weighted by Gasteiger charge is 2.07. The Hall–Kier alpha value is -2.20. The van der Waals surface area contributed by atoms with E-state index in [-0.39, 0.29) is 5.78 Å². The smallest absolute Gasteiger partial charge is 0.162 e. The monoisotopic (exact) mass is 294 g/mol. The fourth-order valence-corrected chi connectivity index (χ4v) is 2.96. The minimum absolute atomic E-state index is 0.166. The number of para-hydroxylation sites is 1. The maximum absolute atomic E-state index is 11.6. The lowest BCUT2D eigenvalue weighted by molar-refractivity contribution is 0.0988. The van der Waals surface area contributed by atoms with E-state index in [1.54, 1.807) is 18.1 Å². The van der Waals surface area contributed by atoms with Gasteiger partial charge in [-0.2, -0.15) is 0 Å². The Morgan fingerprint density at radius 2 is 1.81 bits per heavy atom. The second kappa shape index (κ2) is 6.06. The van der Waals surface area contributed by atoms with Crippen LogP contribution in [0.25, 0.3) is 10.9 Å². The first-order valence-electron chi connectivity index (χ1n) is 6.79. The number of Topliss-reactive ketones (excluding diaryl/α,β-unsaturated/α-hetero) is 1. The Balaban J connectivity index is 1.90. The second-order valence-electron chi connectivity index (χ2n) is 4.60. The third-order valence-electron chi connectivity index (χ3n) is 3.22. The van der Waals surface area contributed by atoms with Crippen molar-refractivity contribution < 1.29 is 4.79 Å². The molecule has 3 nitrogen and oxygen atoms in total. The molecule has 2 aromatic carbocycles. The van der Waals surface area contributed by atoms with Gasteiger partial charge in [-0.25, -0.2) is 9.97 Å². The summed E-state index contributed by atoms with van der Waals surface area (Å²) in [4.78, 5) is 21.3. The minimum atomic E-state index is 0.166. The van der Waals surface area contributed by atoms with Crippen LogP contribution in [0.1, 0.15) is 23.7 Å². The molecule has 4 heteroatoms. The van der Waals surface area contributed by atoms with Crippen LogP contribution in [0.5, 0.6) is 0 Å². The number of aromatic nitrogens is 2. The maximum atomic E-state index is 11.6. The van der Waals surface area contributed by atoms with Gasteiger partial charge in [0.15, 0.2) is 5.78 Å². The van der Waals surface area contributed by atoms with E-state index < -0.39 is 0 Å². The summed E-state index contributed by atoms with van der Waals surface area (Å²) < 4.78 is 0. The molecule has 3 aromatic rings. The largest absolute Gasteiger partial charge is 0.294 e. The summed E-state index contributed by atoms with van der Waals surface area (Å²) in [5, 5.41) is 1.97. The molecular formula is C17H14N2OS. The van der Waals surface area contributed by atoms with E-state index in [0.29, 0.717) is 6.42 Å². The number of rotatable bonds is 4. The lowest BCUT2D eigenvalue weighted by atomic mass is 10.1. The van der Waals surface area contributed by atoms with Crippen LogP contribution in [0.15, 0.2) is 64.8 Å². The lowest BCUT2D eigenvalue weighted by Crippen LogP contribution is -1.95. The number of hydrogen-bond acceptors (Lipinski definition) is 4. The first kappa shape index (κ1) is 13.8. The van der Waals surface area contributed by atoms with Gasteiger partial charge in [0.25, 0.3) is 0 Å². The summed E-state index contributed by atoms with van der Waals surface area (Å²) in [7, 11) is 0. The van der Waals surface area contributed by atoms with E-state index in [1.807, 2.05) is 55.5 Å². The molecule has 1 heterocycles. The minimum Gasteiger partial charge on any atom is -0.294 e. The molecule has 0 aliphatic carbocycles. The summed E-state index contributed by atoms with van der Waals surface area (Å²) in [5.41, 5.74) is 1.70. The summed E-state index contributed by atoms with van der Waals surface area (Å²) in [5.74, 6) is 0.166. The molecule has 0 N–H and O–H groups in total. The van der Waals surface area contributed by atoms with Gasteiger partial charge in [-0.15, -0.1) is 0 Å². The Bertz CT molecular complexity index is 779. The molecule has 0 unspecified atom stereocenters. The molecule has 0 fully saturated rings. The number of benzene rings is 2. The van der Waals surface area contributed by atoms with Crippen molar-refractivity contribution in [3.05, 3.63) is 60.4 Å². The van der Waals surface area contributed by atoms with Gasteiger partial charge in [-0.1, -0.05) is 49.0 Å². The molecule has 0 bridgehead atoms. The summed E-state index contributed by atoms with van der Waals surface area (Å²) in [6.07, 6.45) is 2.11. The zero-order valence-electron chi connectivity index (χ0n) is 11.6. The quantitative estimate of drug-likeness (QED) is 0.529. The van der Waals surface area contributed by atoms with Crippen molar-refractivity contribution in [2.24, 2.45) is 0 Å². The van der Waals surface area contributed by atoms with E-state index in [4.69, 9.17) is 0 Å². The maximum Gasteiger partial charge on any atom is 0.162 e. The zero-order valence-corrected chi connectivity index (χ0v) is 12.4. The lowest BCUT2D eigenvalue weighted by Gasteiger charge is -2.05. The highest BCUT2D eigenvalue weighted by Crippen LogP contribution is 2.30. The van der Waals surface area contributed by atoms with Crippen LogP contribution < -0.4 is 0 Å². The van der Waals surface area contributed by atoms with Crippen LogP contribution in [0.2, 0.25) is 0 Å². The molecular weight excluding hydrogens is 280 g/mol. The van der Waals surface area contributed by atoms with Crippen molar-refractivity contribution >= 4 is 28.4 Å². The van der Waals surface area contributed by atoms with Gasteiger partial charge in [0.1, 0.15) is 11.4 Å². The number of fused-ring (bicyclic) bond motifs is 1. The summed E-state index contributed by atoms with van der Waals surface area (Å²) in [6, 6.07) is 15.6. The average Bonchev–Trinajstić information content (AvgIpc) is 2.55. The number of hydrogen-bond donors (Lipinski definition) is 0. The van der Waals surface area contributed by atoms with Gasteiger partial charge in [-0.05, 0) is 18.2 Å². The predicted octanol–water partition coefficient (Wildman–Crippen LogP) is 4.37. The topological polar surface area (TPSA) is 42.9 Å². The first-order valence-corrected chi connectivity index (χ1v) is 7.60. The van der Waals surface area contributed by atoms with Crippen LogP contribution in [0.3, 0.4) is 0 Å². The Labute approximate surface area is 127 Å². The molecule has 104 valence electrons. The Kier molecular flexibility index (Phi) is 3.97. The summed E-state index contributed by atoms with van der Waals surface area (Å²) in [6.45, 7) is 1.87. The van der Waals surface area contributed by atoms with Gasteiger partial charge in [0.2, 0.25) is 0 Å². The highest BCUT2D eigenvalue weighted by atomic mass is 32.2. The first-order chi connectivity index (χ1) is 10.3. The van der Waals surface area contributed by atoms with Gasteiger partial charge in [0, 0.05) is 22.3 Å². The number of nitrogens with zero attached hydrogens (tertiary/aromatic N) is 2. The van der Waals surface area contributed by atoms with E-state index in [2.05, 4.69) is 9.97 Å². The van der Waals surface area contributed by atoms with Crippen molar-refractivity contribution in [3.8, 4) is 0 Å². The van der Waals surface area contributed by atoms with E-state index in [0.717, 1.165) is 26.4 Å². The van der Waals surface area contributed by atoms with Crippen LogP contribution in [0, 0.1) is 0 Å². The number of ketones is 1. The molecule has 1 aromatic heterocycles. The van der Waals surface area contributed by atoms with Crippen molar-refractivity contribution in [1.82, 2.24) is 9.97 Å². The third kappa shape index (κ3) is 2.95. The number of carbonyl (C=O) groups excluding carboxylic acids is 1. The van der Waals surface area contributed by atoms with Gasteiger partial charge >= 0.3 is 0 Å². The van der Waals surface area contributed by atoms with Gasteiger partial charge < -0.3 is 0 Å². The molecule has 21 heavy (non-hydrogen) atoms. The Morgan fingerprint density at radius 3 is 2.57 bits per heavy atom. The fraction of sp³-hybridized carbons (Fsp3) is 0.118. The molecule has 0 aliphatic heterocycles. The molecule has 0 saturated carbocycles. The predicted molar refractivity (Wildman–Crippen MR) is 84.7 cm³/mol. The Morgan fingerprint density at radius 1 is 1.05 bits per heavy atom. The number of carbonyl (C=O) groups is 1. The second-order valence-corrected chi connectivity index (χ2v) is 5.66. The SMILES string of the molecule is CCC(=O)c1ccc(Sc2ncnc3ccccc23)cc1. The molecule has 0 saturated heterocycles. The fourth-order valence-electron chi connectivity index (χ4n) is 2.09. The molecule has 0 amide bonds. The van der Waals surface area contributed by atoms with Crippen LogP contribution in [-0.2, 0) is 0 Å². The van der Waals surface area contributed by atoms with Crippen LogP contribution in [0.4, 0.5) is 0 Å². The van der Waals surface area contributed by atoms with Crippen molar-refractivity contribution in [3.63, 3.8) is 0 Å². The molecule has 0 aliphatic rings. The highest BCUT2D eigenvalue weighted by molar-refractivity contribution is 7.99. The molecule has 0 radical (unpaired) electrons. The van der Waals surface area contributed by atoms with E-state index in [1.165, 1.54) is 0 Å². The zero-order chi connectivity index (χ0) is 14.7. The normalized spacial score (nSPS) is 10.7. The van der Waals surface area contributed by atoms with Gasteiger partial charge in [0.05, 0.1) is 5.52 Å². The standard InChI is InChI=1S/C17H14N2OS/c1-2-16(20)12-7-9-13(10-8-12)21-17-14-5-3-4-6-15(14)18-11-19-17/h3-11H,2H2,1H3. The third-order valence-corrected chi connectivity index (χ3v) is 4.24. The molecule has 0 atom stereocenters. The molecule has 3 rings (SSSR count). The van der Waals surface area contributed by atoms with E-state index >= 15 is 0 Å². The van der Waals surface area contributed by atoms with E-state index in [9.17, 15) is 4.79 Å². The van der Waals surface area contributed by atoms with Crippen molar-refractivity contribution in [2.75, 3.05) is 0 Å². The van der Waals surface area contributed by atoms with Crippen LogP contribution >= 0.6 is 11.8 Å². The van der Waals surface area contributed by atoms with Crippen LogP contribution in [-0.4, -0.2) is 15.8 Å². The average molecular weight is 294 g/mol. The van der Waals surface area contributed by atoms with Crippen molar-refractivity contribution in [1.29, 1.82) is 0 Å². The van der Waals surface area contributed by atoms with Gasteiger partial charge in [-0.3, -0.25) is 4.79 Å². The summed E-state index contributed by atoms with van der Waals surface area (Å²) >= 11 is 1.58.